The number of hydrogen-bond donors (Lipinski definition) is 0. The number of carbonyl (C=O) groups excluding carboxylic acids is 1. The number of benzene rings is 1. The number of allylic oxidation sites excluding steroid dienone is 2. The minimum absolute atomic E-state index is 0. The Labute approximate surface area is 169 Å². The van der Waals surface area contributed by atoms with Gasteiger partial charge in [0.05, 0.1) is 17.6 Å². The number of nitrogens with zero attached hydrogens (tertiary/aromatic N) is 1. The third kappa shape index (κ3) is 6.74. The number of aliphatic imine (C=N–C) groups is 1. The van der Waals surface area contributed by atoms with Crippen molar-refractivity contribution < 1.29 is 74.5 Å². The zero-order chi connectivity index (χ0) is 16.0. The minimum atomic E-state index is -4.55. The van der Waals surface area contributed by atoms with E-state index < -0.39 is 23.8 Å². The first kappa shape index (κ1) is 21.5. The Kier molecular flexibility index (Phi) is 9.41. The SMILES string of the molecule is CC(C)[C@H](N=CC=C(c1ccccc1)C(F)(F)F)C(=O)[O-].[K+]. The van der Waals surface area contributed by atoms with E-state index in [9.17, 15) is 23.1 Å². The van der Waals surface area contributed by atoms with Gasteiger partial charge in [-0.2, -0.15) is 13.2 Å². The number of carboxylic acids is 1. The average Bonchev–Trinajstić information content (AvgIpc) is 2.37. The van der Waals surface area contributed by atoms with Gasteiger partial charge in [0.15, 0.2) is 0 Å². The maximum Gasteiger partial charge on any atom is 1.00 e. The third-order valence-electron chi connectivity index (χ3n) is 2.75. The molecular formula is C15H15F3KNO2. The van der Waals surface area contributed by atoms with Gasteiger partial charge in [-0.05, 0) is 17.6 Å². The van der Waals surface area contributed by atoms with E-state index in [-0.39, 0.29) is 62.9 Å². The normalized spacial score (nSPS) is 14.0. The van der Waals surface area contributed by atoms with Gasteiger partial charge in [-0.15, -0.1) is 0 Å². The Morgan fingerprint density at radius 2 is 1.77 bits per heavy atom. The van der Waals surface area contributed by atoms with E-state index in [2.05, 4.69) is 4.99 Å². The second-order valence-corrected chi connectivity index (χ2v) is 4.75. The summed E-state index contributed by atoms with van der Waals surface area (Å²) in [4.78, 5) is 14.5. The van der Waals surface area contributed by atoms with E-state index in [0.717, 1.165) is 12.3 Å². The Morgan fingerprint density at radius 1 is 1.23 bits per heavy atom. The van der Waals surface area contributed by atoms with Crippen LogP contribution in [-0.4, -0.2) is 24.4 Å². The smallest absolute Gasteiger partial charge is 0.548 e. The van der Waals surface area contributed by atoms with E-state index in [1.807, 2.05) is 0 Å². The molecule has 0 aliphatic rings. The molecule has 0 N–H and O–H groups in total. The Morgan fingerprint density at radius 3 is 2.18 bits per heavy atom. The molecule has 0 unspecified atom stereocenters. The third-order valence-corrected chi connectivity index (χ3v) is 2.75. The quantitative estimate of drug-likeness (QED) is 0.536. The molecule has 1 aromatic rings. The van der Waals surface area contributed by atoms with Gasteiger partial charge >= 0.3 is 57.6 Å². The fourth-order valence-corrected chi connectivity index (χ4v) is 1.69. The second kappa shape index (κ2) is 9.62. The van der Waals surface area contributed by atoms with E-state index >= 15 is 0 Å². The first-order valence-electron chi connectivity index (χ1n) is 6.30. The molecule has 7 heteroatoms. The summed E-state index contributed by atoms with van der Waals surface area (Å²) in [6.45, 7) is 3.20. The van der Waals surface area contributed by atoms with Crippen molar-refractivity contribution in [1.29, 1.82) is 0 Å². The zero-order valence-electron chi connectivity index (χ0n) is 12.6. The fourth-order valence-electron chi connectivity index (χ4n) is 1.69. The summed E-state index contributed by atoms with van der Waals surface area (Å²) in [5.74, 6) is -1.78. The molecular weight excluding hydrogens is 322 g/mol. The van der Waals surface area contributed by atoms with Gasteiger partial charge in [0, 0.05) is 6.21 Å². The molecule has 0 fully saturated rings. The molecule has 0 bridgehead atoms. The monoisotopic (exact) mass is 337 g/mol. The molecule has 1 atom stereocenters. The van der Waals surface area contributed by atoms with Gasteiger partial charge in [0.25, 0.3) is 0 Å². The van der Waals surface area contributed by atoms with Crippen LogP contribution in [0.4, 0.5) is 13.2 Å². The molecule has 0 spiro atoms. The van der Waals surface area contributed by atoms with Crippen LogP contribution in [0.1, 0.15) is 19.4 Å². The number of carboxylic acid groups (broad SMARTS) is 1. The predicted molar refractivity (Wildman–Crippen MR) is 72.6 cm³/mol. The van der Waals surface area contributed by atoms with Crippen LogP contribution in [0.25, 0.3) is 5.57 Å². The molecule has 0 amide bonds. The maximum absolute atomic E-state index is 13.0. The van der Waals surface area contributed by atoms with Crippen molar-refractivity contribution in [2.24, 2.45) is 10.9 Å². The molecule has 114 valence electrons. The number of halogens is 3. The molecule has 0 saturated heterocycles. The van der Waals surface area contributed by atoms with Gasteiger partial charge in [-0.25, -0.2) is 0 Å². The van der Waals surface area contributed by atoms with Gasteiger partial charge in [-0.1, -0.05) is 44.2 Å². The van der Waals surface area contributed by atoms with Crippen LogP contribution in [0.15, 0.2) is 41.4 Å². The van der Waals surface area contributed by atoms with Crippen molar-refractivity contribution >= 4 is 17.8 Å². The van der Waals surface area contributed by atoms with Crippen molar-refractivity contribution in [3.05, 3.63) is 42.0 Å². The molecule has 0 saturated carbocycles. The Balaban J connectivity index is 0.00000441. The number of rotatable bonds is 5. The molecule has 0 radical (unpaired) electrons. The van der Waals surface area contributed by atoms with Crippen LogP contribution in [0.2, 0.25) is 0 Å². The van der Waals surface area contributed by atoms with Gasteiger partial charge in [0.1, 0.15) is 0 Å². The average molecular weight is 337 g/mol. The van der Waals surface area contributed by atoms with Crippen molar-refractivity contribution in [1.82, 2.24) is 0 Å². The molecule has 0 aliphatic carbocycles. The summed E-state index contributed by atoms with van der Waals surface area (Å²) in [7, 11) is 0. The van der Waals surface area contributed by atoms with Crippen LogP contribution in [0, 0.1) is 5.92 Å². The molecule has 22 heavy (non-hydrogen) atoms. The summed E-state index contributed by atoms with van der Waals surface area (Å²) in [5, 5.41) is 10.8. The van der Waals surface area contributed by atoms with Gasteiger partial charge in [-0.3, -0.25) is 4.99 Å². The molecule has 0 aromatic heterocycles. The Hall–Kier alpha value is -0.474. The van der Waals surface area contributed by atoms with Crippen molar-refractivity contribution in [3.63, 3.8) is 0 Å². The Bertz CT molecular complexity index is 539. The van der Waals surface area contributed by atoms with Crippen LogP contribution in [0.5, 0.6) is 0 Å². The van der Waals surface area contributed by atoms with E-state index in [4.69, 9.17) is 0 Å². The molecule has 1 aromatic carbocycles. The topological polar surface area (TPSA) is 52.5 Å². The van der Waals surface area contributed by atoms with Crippen molar-refractivity contribution in [3.8, 4) is 0 Å². The second-order valence-electron chi connectivity index (χ2n) is 4.75. The summed E-state index contributed by atoms with van der Waals surface area (Å²) >= 11 is 0. The fraction of sp³-hybridized carbons (Fsp3) is 0.333. The summed E-state index contributed by atoms with van der Waals surface area (Å²) in [6.07, 6.45) is -2.91. The van der Waals surface area contributed by atoms with Crippen molar-refractivity contribution in [2.75, 3.05) is 0 Å². The molecule has 0 aliphatic heterocycles. The summed E-state index contributed by atoms with van der Waals surface area (Å²) in [6, 6.07) is 6.06. The van der Waals surface area contributed by atoms with E-state index in [1.54, 1.807) is 19.9 Å². The van der Waals surface area contributed by atoms with Crippen LogP contribution in [-0.2, 0) is 4.79 Å². The standard InChI is InChI=1S/C15H16F3NO2.K/c1-10(2)13(14(20)21)19-9-8-12(15(16,17)18)11-6-4-3-5-7-11;/h3-10,13H,1-2H3,(H,20,21);/q;+1/p-1/t13-;/m0./s1. The van der Waals surface area contributed by atoms with Crippen LogP contribution >= 0.6 is 0 Å². The summed E-state index contributed by atoms with van der Waals surface area (Å²) < 4.78 is 39.0. The van der Waals surface area contributed by atoms with Crippen LogP contribution < -0.4 is 56.5 Å². The first-order valence-corrected chi connectivity index (χ1v) is 6.30. The number of alkyl halides is 3. The number of aliphatic carboxylic acids is 1. The first-order chi connectivity index (χ1) is 9.73. The molecule has 0 heterocycles. The summed E-state index contributed by atoms with van der Waals surface area (Å²) in [5.41, 5.74) is -0.890. The van der Waals surface area contributed by atoms with Crippen molar-refractivity contribution in [2.45, 2.75) is 26.1 Å². The zero-order valence-corrected chi connectivity index (χ0v) is 15.7. The van der Waals surface area contributed by atoms with Crippen LogP contribution in [0.3, 0.4) is 0 Å². The number of carbonyl (C=O) groups is 1. The van der Waals surface area contributed by atoms with E-state index in [1.165, 1.54) is 24.3 Å². The number of hydrogen-bond acceptors (Lipinski definition) is 3. The van der Waals surface area contributed by atoms with E-state index in [0.29, 0.717) is 0 Å². The largest absolute Gasteiger partial charge is 1.00 e. The van der Waals surface area contributed by atoms with Gasteiger partial charge < -0.3 is 9.90 Å². The molecule has 3 nitrogen and oxygen atoms in total. The predicted octanol–water partition coefficient (Wildman–Crippen LogP) is -0.518. The maximum atomic E-state index is 13.0. The minimum Gasteiger partial charge on any atom is -0.548 e. The van der Waals surface area contributed by atoms with Gasteiger partial charge in [0.2, 0.25) is 0 Å². The molecule has 1 rings (SSSR count).